The Hall–Kier alpha value is -1.00. The zero-order valence-corrected chi connectivity index (χ0v) is 10.8. The number of halogens is 1. The monoisotopic (exact) mass is 255 g/mol. The van der Waals surface area contributed by atoms with Crippen LogP contribution in [0.25, 0.3) is 0 Å². The van der Waals surface area contributed by atoms with E-state index in [0.717, 1.165) is 13.0 Å². The predicted octanol–water partition coefficient (Wildman–Crippen LogP) is 1.55. The number of hydrogen-bond acceptors (Lipinski definition) is 2. The van der Waals surface area contributed by atoms with Crippen LogP contribution in [-0.2, 0) is 7.05 Å². The fourth-order valence-corrected chi connectivity index (χ4v) is 2.45. The van der Waals surface area contributed by atoms with Crippen molar-refractivity contribution >= 4 is 17.5 Å². The first kappa shape index (κ1) is 12.5. The maximum Gasteiger partial charge on any atom is 0.267 e. The number of nitrogens with one attached hydrogen (secondary N) is 2. The fraction of sp³-hybridized carbons (Fsp3) is 0.583. The molecule has 1 aromatic rings. The van der Waals surface area contributed by atoms with Gasteiger partial charge >= 0.3 is 0 Å². The second-order valence-electron chi connectivity index (χ2n) is 4.49. The summed E-state index contributed by atoms with van der Waals surface area (Å²) in [6.45, 7) is 1.81. The quantitative estimate of drug-likeness (QED) is 0.858. The van der Waals surface area contributed by atoms with E-state index in [1.807, 2.05) is 7.05 Å². The van der Waals surface area contributed by atoms with Gasteiger partial charge in [-0.3, -0.25) is 4.79 Å². The van der Waals surface area contributed by atoms with E-state index in [1.54, 1.807) is 16.8 Å². The molecule has 0 aromatic carbocycles. The smallest absolute Gasteiger partial charge is 0.267 e. The van der Waals surface area contributed by atoms with Crippen LogP contribution in [0.4, 0.5) is 0 Å². The highest BCUT2D eigenvalue weighted by Gasteiger charge is 2.15. The Morgan fingerprint density at radius 1 is 1.71 bits per heavy atom. The lowest BCUT2D eigenvalue weighted by molar-refractivity contribution is 0.0944. The molecule has 1 aliphatic rings. The molecule has 94 valence electrons. The van der Waals surface area contributed by atoms with Crippen LogP contribution in [-0.4, -0.2) is 29.6 Å². The molecule has 0 bridgehead atoms. The summed E-state index contributed by atoms with van der Waals surface area (Å²) < 4.78 is 1.74. The summed E-state index contributed by atoms with van der Waals surface area (Å²) in [5.41, 5.74) is 0.606. The van der Waals surface area contributed by atoms with Crippen molar-refractivity contribution in [3.63, 3.8) is 0 Å². The fourth-order valence-electron chi connectivity index (χ4n) is 2.20. The van der Waals surface area contributed by atoms with Crippen LogP contribution in [0.2, 0.25) is 5.02 Å². The van der Waals surface area contributed by atoms with Gasteiger partial charge in [-0.2, -0.15) is 0 Å². The number of carbonyl (C=O) groups is 1. The largest absolute Gasteiger partial charge is 0.351 e. The minimum absolute atomic E-state index is 0.0580. The Morgan fingerprint density at radius 2 is 2.53 bits per heavy atom. The van der Waals surface area contributed by atoms with Crippen LogP contribution in [0.15, 0.2) is 12.3 Å². The van der Waals surface area contributed by atoms with Gasteiger partial charge in [0.25, 0.3) is 5.91 Å². The van der Waals surface area contributed by atoms with Crippen molar-refractivity contribution < 1.29 is 4.79 Å². The van der Waals surface area contributed by atoms with Gasteiger partial charge in [-0.05, 0) is 31.9 Å². The van der Waals surface area contributed by atoms with E-state index in [9.17, 15) is 4.79 Å². The van der Waals surface area contributed by atoms with Gasteiger partial charge in [0.15, 0.2) is 0 Å². The Balaban J connectivity index is 1.78. The van der Waals surface area contributed by atoms with Crippen molar-refractivity contribution in [3.8, 4) is 0 Å². The number of aromatic nitrogens is 1. The first-order valence-corrected chi connectivity index (χ1v) is 6.38. The van der Waals surface area contributed by atoms with E-state index in [2.05, 4.69) is 10.6 Å². The lowest BCUT2D eigenvalue weighted by Crippen LogP contribution is -2.31. The van der Waals surface area contributed by atoms with Crippen LogP contribution in [0.1, 0.15) is 29.8 Å². The van der Waals surface area contributed by atoms with Crippen LogP contribution >= 0.6 is 11.6 Å². The van der Waals surface area contributed by atoms with Crippen molar-refractivity contribution in [2.45, 2.75) is 25.3 Å². The summed E-state index contributed by atoms with van der Waals surface area (Å²) in [5, 5.41) is 6.92. The standard InChI is InChI=1S/C12H18ClN3O/c1-16-8-9(13)7-11(16)12(17)15-6-4-10-3-2-5-14-10/h7-8,10,14H,2-6H2,1H3,(H,15,17)/t10-/m1/s1. The molecular formula is C12H18ClN3O. The molecule has 5 heteroatoms. The normalized spacial score (nSPS) is 19.5. The molecule has 1 aliphatic heterocycles. The molecule has 4 nitrogen and oxygen atoms in total. The Kier molecular flexibility index (Phi) is 4.07. The maximum absolute atomic E-state index is 11.8. The van der Waals surface area contributed by atoms with Gasteiger partial charge in [-0.15, -0.1) is 0 Å². The average molecular weight is 256 g/mol. The predicted molar refractivity (Wildman–Crippen MR) is 68.4 cm³/mol. The number of aryl methyl sites for hydroxylation is 1. The van der Waals surface area contributed by atoms with Crippen molar-refractivity contribution in [2.75, 3.05) is 13.1 Å². The molecule has 0 saturated carbocycles. The van der Waals surface area contributed by atoms with E-state index >= 15 is 0 Å². The summed E-state index contributed by atoms with van der Waals surface area (Å²) in [7, 11) is 1.82. The zero-order chi connectivity index (χ0) is 12.3. The van der Waals surface area contributed by atoms with Gasteiger partial charge in [-0.25, -0.2) is 0 Å². The molecule has 1 aromatic heterocycles. The molecule has 1 fully saturated rings. The van der Waals surface area contributed by atoms with E-state index in [4.69, 9.17) is 11.6 Å². The van der Waals surface area contributed by atoms with E-state index in [1.165, 1.54) is 12.8 Å². The van der Waals surface area contributed by atoms with E-state index < -0.39 is 0 Å². The minimum Gasteiger partial charge on any atom is -0.351 e. The number of amides is 1. The maximum atomic E-state index is 11.8. The van der Waals surface area contributed by atoms with Gasteiger partial charge in [0, 0.05) is 25.8 Å². The molecule has 2 heterocycles. The number of rotatable bonds is 4. The molecule has 0 spiro atoms. The third-order valence-electron chi connectivity index (χ3n) is 3.14. The highest BCUT2D eigenvalue weighted by Crippen LogP contribution is 2.12. The van der Waals surface area contributed by atoms with Gasteiger partial charge in [0.2, 0.25) is 0 Å². The molecular weight excluding hydrogens is 238 g/mol. The van der Waals surface area contributed by atoms with Crippen molar-refractivity contribution in [3.05, 3.63) is 23.0 Å². The van der Waals surface area contributed by atoms with Crippen molar-refractivity contribution in [2.24, 2.45) is 7.05 Å². The van der Waals surface area contributed by atoms with Gasteiger partial charge in [0.05, 0.1) is 5.02 Å². The SMILES string of the molecule is Cn1cc(Cl)cc1C(=O)NCC[C@H]1CCCN1. The number of nitrogens with zero attached hydrogens (tertiary/aromatic N) is 1. The zero-order valence-electron chi connectivity index (χ0n) is 10.0. The molecule has 2 rings (SSSR count). The highest BCUT2D eigenvalue weighted by atomic mass is 35.5. The topological polar surface area (TPSA) is 46.1 Å². The molecule has 1 amide bonds. The van der Waals surface area contributed by atoms with Crippen LogP contribution in [0.3, 0.4) is 0 Å². The number of hydrogen-bond donors (Lipinski definition) is 2. The van der Waals surface area contributed by atoms with Crippen molar-refractivity contribution in [1.29, 1.82) is 0 Å². The Bertz CT molecular complexity index is 396. The molecule has 0 radical (unpaired) electrons. The third-order valence-corrected chi connectivity index (χ3v) is 3.35. The first-order valence-electron chi connectivity index (χ1n) is 6.00. The summed E-state index contributed by atoms with van der Waals surface area (Å²) in [4.78, 5) is 11.8. The van der Waals surface area contributed by atoms with E-state index in [0.29, 0.717) is 23.3 Å². The molecule has 2 N–H and O–H groups in total. The molecule has 1 saturated heterocycles. The van der Waals surface area contributed by atoms with Crippen LogP contribution in [0.5, 0.6) is 0 Å². The lowest BCUT2D eigenvalue weighted by Gasteiger charge is -2.10. The first-order chi connectivity index (χ1) is 8.16. The highest BCUT2D eigenvalue weighted by molar-refractivity contribution is 6.31. The number of carbonyl (C=O) groups excluding carboxylic acids is 1. The second kappa shape index (κ2) is 5.56. The third kappa shape index (κ3) is 3.23. The Morgan fingerprint density at radius 3 is 3.12 bits per heavy atom. The van der Waals surface area contributed by atoms with E-state index in [-0.39, 0.29) is 5.91 Å². The minimum atomic E-state index is -0.0580. The summed E-state index contributed by atoms with van der Waals surface area (Å²) in [6, 6.07) is 2.25. The lowest BCUT2D eigenvalue weighted by atomic mass is 10.1. The summed E-state index contributed by atoms with van der Waals surface area (Å²) in [5.74, 6) is -0.0580. The van der Waals surface area contributed by atoms with Crippen LogP contribution in [0, 0.1) is 0 Å². The molecule has 0 unspecified atom stereocenters. The molecule has 0 aliphatic carbocycles. The van der Waals surface area contributed by atoms with Gasteiger partial charge in [-0.1, -0.05) is 11.6 Å². The van der Waals surface area contributed by atoms with Crippen LogP contribution < -0.4 is 10.6 Å². The summed E-state index contributed by atoms with van der Waals surface area (Å²) in [6.07, 6.45) is 5.18. The van der Waals surface area contributed by atoms with Gasteiger partial charge in [0.1, 0.15) is 5.69 Å². The average Bonchev–Trinajstić information content (AvgIpc) is 2.88. The second-order valence-corrected chi connectivity index (χ2v) is 4.93. The van der Waals surface area contributed by atoms with Gasteiger partial charge < -0.3 is 15.2 Å². The van der Waals surface area contributed by atoms with Crippen molar-refractivity contribution in [1.82, 2.24) is 15.2 Å². The molecule has 17 heavy (non-hydrogen) atoms. The Labute approximate surface area is 106 Å². The molecule has 1 atom stereocenters. The summed E-state index contributed by atoms with van der Waals surface area (Å²) >= 11 is 5.84.